The second-order valence-corrected chi connectivity index (χ2v) is 7.22. The van der Waals surface area contributed by atoms with E-state index in [1.54, 1.807) is 22.0 Å². The first-order valence-electron chi connectivity index (χ1n) is 9.88. The highest BCUT2D eigenvalue weighted by Crippen LogP contribution is 2.33. The van der Waals surface area contributed by atoms with Gasteiger partial charge in [0.15, 0.2) is 5.82 Å². The number of benzene rings is 1. The van der Waals surface area contributed by atoms with Gasteiger partial charge in [0.1, 0.15) is 6.04 Å². The first-order valence-corrected chi connectivity index (χ1v) is 9.88. The van der Waals surface area contributed by atoms with Gasteiger partial charge in [-0.25, -0.2) is 9.67 Å². The molecule has 8 heteroatoms. The highest BCUT2D eigenvalue weighted by Gasteiger charge is 2.36. The maximum atomic E-state index is 13.3. The van der Waals surface area contributed by atoms with E-state index < -0.39 is 0 Å². The number of carbonyl (C=O) groups is 1. The van der Waals surface area contributed by atoms with Gasteiger partial charge in [0, 0.05) is 18.3 Å². The lowest BCUT2D eigenvalue weighted by Crippen LogP contribution is -2.31. The summed E-state index contributed by atoms with van der Waals surface area (Å²) in [6, 6.07) is 15.0. The van der Waals surface area contributed by atoms with E-state index in [1.165, 1.54) is 0 Å². The Morgan fingerprint density at radius 1 is 1.13 bits per heavy atom. The van der Waals surface area contributed by atoms with Crippen molar-refractivity contribution in [2.45, 2.75) is 25.8 Å². The second-order valence-electron chi connectivity index (χ2n) is 7.22. The average Bonchev–Trinajstić information content (AvgIpc) is 3.54. The third-order valence-corrected chi connectivity index (χ3v) is 5.38. The van der Waals surface area contributed by atoms with Gasteiger partial charge in [0.25, 0.3) is 5.91 Å². The number of pyridine rings is 1. The van der Waals surface area contributed by atoms with E-state index in [0.29, 0.717) is 29.6 Å². The molecule has 4 aromatic rings. The van der Waals surface area contributed by atoms with Crippen LogP contribution in [0.1, 0.15) is 40.8 Å². The van der Waals surface area contributed by atoms with Crippen LogP contribution in [0.4, 0.5) is 0 Å². The highest BCUT2D eigenvalue weighted by molar-refractivity contribution is 5.95. The predicted molar refractivity (Wildman–Crippen MR) is 109 cm³/mol. The van der Waals surface area contributed by atoms with Gasteiger partial charge >= 0.3 is 0 Å². The first-order chi connectivity index (χ1) is 14.7. The Morgan fingerprint density at radius 3 is 2.77 bits per heavy atom. The summed E-state index contributed by atoms with van der Waals surface area (Å²) in [6.45, 7) is 2.51. The van der Waals surface area contributed by atoms with Crippen molar-refractivity contribution in [2.24, 2.45) is 0 Å². The summed E-state index contributed by atoms with van der Waals surface area (Å²) in [6.07, 6.45) is 4.97. The van der Waals surface area contributed by atoms with Crippen LogP contribution in [0, 0.1) is 6.92 Å². The topological polar surface area (TPSA) is 89.9 Å². The Morgan fingerprint density at radius 2 is 1.97 bits per heavy atom. The molecule has 0 unspecified atom stereocenters. The van der Waals surface area contributed by atoms with Gasteiger partial charge in [-0.15, -0.1) is 0 Å². The van der Waals surface area contributed by atoms with Gasteiger partial charge < -0.3 is 9.42 Å². The zero-order valence-corrected chi connectivity index (χ0v) is 16.5. The average molecular weight is 400 g/mol. The molecule has 0 radical (unpaired) electrons. The summed E-state index contributed by atoms with van der Waals surface area (Å²) in [5.41, 5.74) is 2.19. The van der Waals surface area contributed by atoms with Crippen LogP contribution >= 0.6 is 0 Å². The molecular weight excluding hydrogens is 380 g/mol. The molecule has 3 aromatic heterocycles. The van der Waals surface area contributed by atoms with Crippen LogP contribution in [-0.2, 0) is 0 Å². The molecule has 1 fully saturated rings. The molecule has 1 aliphatic heterocycles. The van der Waals surface area contributed by atoms with E-state index in [4.69, 9.17) is 4.52 Å². The number of hydrogen-bond donors (Lipinski definition) is 0. The third-order valence-electron chi connectivity index (χ3n) is 5.38. The fraction of sp³-hybridized carbons (Fsp3) is 0.227. The van der Waals surface area contributed by atoms with E-state index in [-0.39, 0.29) is 11.9 Å². The summed E-state index contributed by atoms with van der Waals surface area (Å²) >= 11 is 0. The Balaban J connectivity index is 1.42. The number of likely N-dealkylation sites (tertiary alicyclic amines) is 1. The van der Waals surface area contributed by atoms with E-state index in [9.17, 15) is 4.79 Å². The van der Waals surface area contributed by atoms with Crippen molar-refractivity contribution in [2.75, 3.05) is 6.54 Å². The van der Waals surface area contributed by atoms with Crippen molar-refractivity contribution in [3.63, 3.8) is 0 Å². The van der Waals surface area contributed by atoms with Crippen LogP contribution in [0.5, 0.6) is 0 Å². The SMILES string of the molecule is Cc1c(C(=O)N2CCC[C@H]2c2nc(-c3ccccc3)no2)cnn1-c1ccccn1. The molecule has 0 N–H and O–H groups in total. The minimum Gasteiger partial charge on any atom is -0.337 e. The Hall–Kier alpha value is -3.81. The predicted octanol–water partition coefficient (Wildman–Crippen LogP) is 3.60. The van der Waals surface area contributed by atoms with E-state index >= 15 is 0 Å². The first kappa shape index (κ1) is 18.2. The fourth-order valence-electron chi connectivity index (χ4n) is 3.83. The van der Waals surface area contributed by atoms with Crippen molar-refractivity contribution in [3.05, 3.63) is 78.1 Å². The zero-order chi connectivity index (χ0) is 20.5. The van der Waals surface area contributed by atoms with Gasteiger partial charge in [0.05, 0.1) is 17.5 Å². The summed E-state index contributed by atoms with van der Waals surface area (Å²) in [4.78, 5) is 24.0. The molecule has 1 saturated heterocycles. The summed E-state index contributed by atoms with van der Waals surface area (Å²) in [7, 11) is 0. The molecule has 0 saturated carbocycles. The van der Waals surface area contributed by atoms with Crippen molar-refractivity contribution in [1.29, 1.82) is 0 Å². The molecule has 150 valence electrons. The van der Waals surface area contributed by atoms with Crippen molar-refractivity contribution in [3.8, 4) is 17.2 Å². The van der Waals surface area contributed by atoms with Crippen LogP contribution in [0.2, 0.25) is 0 Å². The maximum Gasteiger partial charge on any atom is 0.258 e. The molecule has 0 aliphatic carbocycles. The monoisotopic (exact) mass is 400 g/mol. The number of amides is 1. The van der Waals surface area contributed by atoms with E-state index in [2.05, 4.69) is 20.2 Å². The molecule has 0 spiro atoms. The van der Waals surface area contributed by atoms with Crippen LogP contribution in [0.15, 0.2) is 65.4 Å². The van der Waals surface area contributed by atoms with Crippen LogP contribution in [-0.4, -0.2) is 42.3 Å². The second kappa shape index (κ2) is 7.55. The number of carbonyl (C=O) groups excluding carboxylic acids is 1. The number of nitrogens with zero attached hydrogens (tertiary/aromatic N) is 6. The molecule has 30 heavy (non-hydrogen) atoms. The van der Waals surface area contributed by atoms with Crippen LogP contribution in [0.25, 0.3) is 17.2 Å². The molecular formula is C22H20N6O2. The van der Waals surface area contributed by atoms with Gasteiger partial charge in [0.2, 0.25) is 11.7 Å². The third kappa shape index (κ3) is 3.16. The van der Waals surface area contributed by atoms with E-state index in [0.717, 1.165) is 24.1 Å². The number of rotatable bonds is 4. The van der Waals surface area contributed by atoms with Gasteiger partial charge in [-0.2, -0.15) is 10.1 Å². The highest BCUT2D eigenvalue weighted by atomic mass is 16.5. The maximum absolute atomic E-state index is 13.3. The molecule has 0 bridgehead atoms. The number of aromatic nitrogens is 5. The van der Waals surface area contributed by atoms with Gasteiger partial charge in [-0.3, -0.25) is 4.79 Å². The largest absolute Gasteiger partial charge is 0.337 e. The van der Waals surface area contributed by atoms with E-state index in [1.807, 2.05) is 55.5 Å². The summed E-state index contributed by atoms with van der Waals surface area (Å²) in [5.74, 6) is 1.59. The minimum atomic E-state index is -0.236. The Kier molecular flexibility index (Phi) is 4.59. The molecule has 1 amide bonds. The molecule has 4 heterocycles. The van der Waals surface area contributed by atoms with Gasteiger partial charge in [-0.05, 0) is 31.9 Å². The smallest absolute Gasteiger partial charge is 0.258 e. The Labute approximate surface area is 173 Å². The fourth-order valence-corrected chi connectivity index (χ4v) is 3.83. The molecule has 5 rings (SSSR count). The normalized spacial score (nSPS) is 16.2. The standard InChI is InChI=1S/C22H20N6O2/c1-15-17(14-24-28(15)19-11-5-6-12-23-19)22(29)27-13-7-10-18(27)21-25-20(26-30-21)16-8-3-2-4-9-16/h2-6,8-9,11-12,14,18H,7,10,13H2,1H3/t18-/m0/s1. The van der Waals surface area contributed by atoms with Crippen molar-refractivity contribution >= 4 is 5.91 Å². The lowest BCUT2D eigenvalue weighted by molar-refractivity contribution is 0.0709. The molecule has 1 aromatic carbocycles. The zero-order valence-electron chi connectivity index (χ0n) is 16.5. The number of hydrogen-bond acceptors (Lipinski definition) is 6. The molecule has 1 aliphatic rings. The lowest BCUT2D eigenvalue weighted by Gasteiger charge is -2.21. The quantitative estimate of drug-likeness (QED) is 0.520. The molecule has 1 atom stereocenters. The van der Waals surface area contributed by atoms with Crippen molar-refractivity contribution in [1.82, 2.24) is 29.8 Å². The van der Waals surface area contributed by atoms with Crippen LogP contribution in [0.3, 0.4) is 0 Å². The lowest BCUT2D eigenvalue weighted by atomic mass is 10.2. The summed E-state index contributed by atoms with van der Waals surface area (Å²) < 4.78 is 7.22. The minimum absolute atomic E-state index is 0.0864. The Bertz CT molecular complexity index is 1170. The molecule has 8 nitrogen and oxygen atoms in total. The van der Waals surface area contributed by atoms with Crippen LogP contribution < -0.4 is 0 Å². The van der Waals surface area contributed by atoms with Gasteiger partial charge in [-0.1, -0.05) is 41.6 Å². The summed E-state index contributed by atoms with van der Waals surface area (Å²) in [5, 5.41) is 8.49. The van der Waals surface area contributed by atoms with Crippen molar-refractivity contribution < 1.29 is 9.32 Å².